The standard InChI is InChI=1S/C13H14BrN3O2/c14-12-4-3-11(13(6-12)17(18)19)9-16-5-1-2-10(7-15)8-16/h3-4,6,10H,1-2,5,8-9H2. The highest BCUT2D eigenvalue weighted by Gasteiger charge is 2.22. The summed E-state index contributed by atoms with van der Waals surface area (Å²) in [7, 11) is 0. The van der Waals surface area contributed by atoms with Gasteiger partial charge in [-0.2, -0.15) is 5.26 Å². The van der Waals surface area contributed by atoms with Gasteiger partial charge in [0.05, 0.1) is 16.9 Å². The van der Waals surface area contributed by atoms with Crippen LogP contribution >= 0.6 is 15.9 Å². The molecule has 0 aliphatic carbocycles. The molecule has 0 N–H and O–H groups in total. The molecule has 5 nitrogen and oxygen atoms in total. The molecular weight excluding hydrogens is 310 g/mol. The maximum atomic E-state index is 11.1. The van der Waals surface area contributed by atoms with E-state index in [1.54, 1.807) is 6.07 Å². The number of nitrogens with zero attached hydrogens (tertiary/aromatic N) is 3. The van der Waals surface area contributed by atoms with Crippen LogP contribution in [0.5, 0.6) is 0 Å². The van der Waals surface area contributed by atoms with Crippen LogP contribution in [0.2, 0.25) is 0 Å². The van der Waals surface area contributed by atoms with Crippen LogP contribution < -0.4 is 0 Å². The molecule has 1 saturated heterocycles. The van der Waals surface area contributed by atoms with E-state index in [2.05, 4.69) is 26.9 Å². The molecule has 0 bridgehead atoms. The zero-order valence-electron chi connectivity index (χ0n) is 10.4. The van der Waals surface area contributed by atoms with Crippen molar-refractivity contribution in [3.63, 3.8) is 0 Å². The number of piperidine rings is 1. The normalized spacial score (nSPS) is 19.9. The second kappa shape index (κ2) is 6.13. The van der Waals surface area contributed by atoms with Gasteiger partial charge in [0.1, 0.15) is 0 Å². The summed E-state index contributed by atoms with van der Waals surface area (Å²) < 4.78 is 0.705. The molecule has 0 amide bonds. The van der Waals surface area contributed by atoms with E-state index in [9.17, 15) is 10.1 Å². The molecule has 1 aromatic rings. The lowest BCUT2D eigenvalue weighted by molar-refractivity contribution is -0.385. The first-order valence-corrected chi connectivity index (χ1v) is 6.94. The molecule has 0 saturated carbocycles. The maximum Gasteiger partial charge on any atom is 0.275 e. The molecule has 1 unspecified atom stereocenters. The fourth-order valence-electron chi connectivity index (χ4n) is 2.39. The summed E-state index contributed by atoms with van der Waals surface area (Å²) in [6.45, 7) is 2.12. The molecule has 100 valence electrons. The average Bonchev–Trinajstić information content (AvgIpc) is 2.41. The van der Waals surface area contributed by atoms with Crippen molar-refractivity contribution in [1.82, 2.24) is 4.90 Å². The van der Waals surface area contributed by atoms with E-state index < -0.39 is 0 Å². The van der Waals surface area contributed by atoms with Crippen molar-refractivity contribution in [2.24, 2.45) is 5.92 Å². The van der Waals surface area contributed by atoms with E-state index in [4.69, 9.17) is 5.26 Å². The number of nitriles is 1. The van der Waals surface area contributed by atoms with Gasteiger partial charge in [-0.25, -0.2) is 0 Å². The van der Waals surface area contributed by atoms with Crippen molar-refractivity contribution in [3.05, 3.63) is 38.3 Å². The Hall–Kier alpha value is -1.45. The predicted molar refractivity (Wildman–Crippen MR) is 74.4 cm³/mol. The van der Waals surface area contributed by atoms with Gasteiger partial charge in [0.15, 0.2) is 0 Å². The highest BCUT2D eigenvalue weighted by molar-refractivity contribution is 9.10. The van der Waals surface area contributed by atoms with Gasteiger partial charge in [-0.15, -0.1) is 0 Å². The molecule has 1 aliphatic heterocycles. The van der Waals surface area contributed by atoms with Gasteiger partial charge in [0, 0.05) is 29.2 Å². The van der Waals surface area contributed by atoms with E-state index in [1.165, 1.54) is 6.07 Å². The van der Waals surface area contributed by atoms with Gasteiger partial charge >= 0.3 is 0 Å². The van der Waals surface area contributed by atoms with Gasteiger partial charge < -0.3 is 0 Å². The highest BCUT2D eigenvalue weighted by Crippen LogP contribution is 2.26. The number of nitro benzene ring substituents is 1. The number of halogens is 1. The van der Waals surface area contributed by atoms with Crippen LogP contribution in [0, 0.1) is 27.4 Å². The van der Waals surface area contributed by atoms with Crippen molar-refractivity contribution >= 4 is 21.6 Å². The summed E-state index contributed by atoms with van der Waals surface area (Å²) in [4.78, 5) is 12.8. The second-order valence-corrected chi connectivity index (χ2v) is 5.65. The third kappa shape index (κ3) is 3.52. The van der Waals surface area contributed by atoms with Crippen LogP contribution in [0.4, 0.5) is 5.69 Å². The summed E-state index contributed by atoms with van der Waals surface area (Å²) in [5, 5.41) is 20.0. The van der Waals surface area contributed by atoms with Crippen LogP contribution in [0.1, 0.15) is 18.4 Å². The second-order valence-electron chi connectivity index (χ2n) is 4.73. The first-order valence-electron chi connectivity index (χ1n) is 6.15. The van der Waals surface area contributed by atoms with E-state index in [1.807, 2.05) is 6.07 Å². The largest absolute Gasteiger partial charge is 0.298 e. The van der Waals surface area contributed by atoms with Gasteiger partial charge in [-0.3, -0.25) is 15.0 Å². The molecule has 1 aromatic carbocycles. The Kier molecular flexibility index (Phi) is 4.51. The van der Waals surface area contributed by atoms with Gasteiger partial charge in [-0.05, 0) is 31.5 Å². The molecule has 2 rings (SSSR count). The summed E-state index contributed by atoms with van der Waals surface area (Å²) in [5.41, 5.74) is 0.834. The van der Waals surface area contributed by atoms with Crippen molar-refractivity contribution in [2.75, 3.05) is 13.1 Å². The number of hydrogen-bond donors (Lipinski definition) is 0. The molecule has 0 radical (unpaired) electrons. The molecular formula is C13H14BrN3O2. The molecule has 1 aliphatic rings. The molecule has 0 aromatic heterocycles. The fourth-order valence-corrected chi connectivity index (χ4v) is 2.74. The van der Waals surface area contributed by atoms with Crippen LogP contribution in [0.3, 0.4) is 0 Å². The maximum absolute atomic E-state index is 11.1. The minimum Gasteiger partial charge on any atom is -0.298 e. The Morgan fingerprint density at radius 3 is 3.05 bits per heavy atom. The topological polar surface area (TPSA) is 70.2 Å². The Morgan fingerprint density at radius 1 is 1.58 bits per heavy atom. The smallest absolute Gasteiger partial charge is 0.275 e. The lowest BCUT2D eigenvalue weighted by Crippen LogP contribution is -2.34. The van der Waals surface area contributed by atoms with Crippen LogP contribution in [0.25, 0.3) is 0 Å². The number of likely N-dealkylation sites (tertiary alicyclic amines) is 1. The number of nitro groups is 1. The van der Waals surface area contributed by atoms with E-state index in [0.717, 1.165) is 19.4 Å². The predicted octanol–water partition coefficient (Wildman–Crippen LogP) is 3.09. The van der Waals surface area contributed by atoms with Crippen molar-refractivity contribution in [1.29, 1.82) is 5.26 Å². The number of rotatable bonds is 3. The SMILES string of the molecule is N#CC1CCCN(Cc2ccc(Br)cc2[N+](=O)[O-])C1. The summed E-state index contributed by atoms with van der Waals surface area (Å²) in [6, 6.07) is 7.40. The van der Waals surface area contributed by atoms with Crippen molar-refractivity contribution < 1.29 is 4.92 Å². The monoisotopic (exact) mass is 323 g/mol. The summed E-state index contributed by atoms with van der Waals surface area (Å²) in [6.07, 6.45) is 1.90. The number of hydrogen-bond acceptors (Lipinski definition) is 4. The average molecular weight is 324 g/mol. The fraction of sp³-hybridized carbons (Fsp3) is 0.462. The zero-order valence-corrected chi connectivity index (χ0v) is 12.0. The van der Waals surface area contributed by atoms with Crippen LogP contribution in [-0.2, 0) is 6.54 Å². The van der Waals surface area contributed by atoms with E-state index >= 15 is 0 Å². The minimum atomic E-state index is -0.355. The Bertz CT molecular complexity index is 527. The first kappa shape index (κ1) is 14.0. The lowest BCUT2D eigenvalue weighted by atomic mass is 9.99. The van der Waals surface area contributed by atoms with Crippen LogP contribution in [-0.4, -0.2) is 22.9 Å². The molecule has 0 spiro atoms. The minimum absolute atomic E-state index is 0.0447. The van der Waals surface area contributed by atoms with Gasteiger partial charge in [0.25, 0.3) is 5.69 Å². The Labute approximate surface area is 120 Å². The summed E-state index contributed by atoms with van der Waals surface area (Å²) in [5.74, 6) is 0.0447. The third-order valence-electron chi connectivity index (χ3n) is 3.33. The van der Waals surface area contributed by atoms with E-state index in [-0.39, 0.29) is 16.5 Å². The van der Waals surface area contributed by atoms with Gasteiger partial charge in [-0.1, -0.05) is 15.9 Å². The van der Waals surface area contributed by atoms with Crippen molar-refractivity contribution in [3.8, 4) is 6.07 Å². The van der Waals surface area contributed by atoms with Crippen LogP contribution in [0.15, 0.2) is 22.7 Å². The molecule has 1 atom stereocenters. The number of benzene rings is 1. The highest BCUT2D eigenvalue weighted by atomic mass is 79.9. The lowest BCUT2D eigenvalue weighted by Gasteiger charge is -2.29. The zero-order chi connectivity index (χ0) is 13.8. The first-order chi connectivity index (χ1) is 9.10. The molecule has 1 fully saturated rings. The summed E-state index contributed by atoms with van der Waals surface area (Å²) >= 11 is 3.25. The Balaban J connectivity index is 2.15. The quantitative estimate of drug-likeness (QED) is 0.633. The molecule has 6 heteroatoms. The molecule has 19 heavy (non-hydrogen) atoms. The third-order valence-corrected chi connectivity index (χ3v) is 3.82. The van der Waals surface area contributed by atoms with Crippen molar-refractivity contribution in [2.45, 2.75) is 19.4 Å². The molecule has 1 heterocycles. The van der Waals surface area contributed by atoms with E-state index in [0.29, 0.717) is 23.1 Å². The van der Waals surface area contributed by atoms with Gasteiger partial charge in [0.2, 0.25) is 0 Å². The Morgan fingerprint density at radius 2 is 2.37 bits per heavy atom.